The van der Waals surface area contributed by atoms with E-state index in [1.54, 1.807) is 19.3 Å². The summed E-state index contributed by atoms with van der Waals surface area (Å²) in [6.07, 6.45) is 7.90. The summed E-state index contributed by atoms with van der Waals surface area (Å²) < 4.78 is 112. The maximum Gasteiger partial charge on any atom is 0.313 e. The molecule has 5 N–H and O–H groups in total. The third-order valence-corrected chi connectivity index (χ3v) is 10.4. The van der Waals surface area contributed by atoms with Crippen molar-refractivity contribution in [3.8, 4) is 5.75 Å². The maximum absolute atomic E-state index is 13.6. The van der Waals surface area contributed by atoms with Gasteiger partial charge in [0.1, 0.15) is 17.5 Å². The number of ketones is 1. The smallest absolute Gasteiger partial charge is 0.313 e. The van der Waals surface area contributed by atoms with Crippen molar-refractivity contribution < 1.29 is 89.2 Å². The molecule has 2 aliphatic rings. The molecular formula is C54H77F4N7O15. The molecule has 0 radical (unpaired) electrons. The number of nitrogens with zero attached hydrogens (tertiary/aromatic N) is 4. The number of aliphatic hydroxyl groups is 1. The van der Waals surface area contributed by atoms with Crippen LogP contribution in [0.5, 0.6) is 5.75 Å². The highest BCUT2D eigenvalue weighted by molar-refractivity contribution is 6.10. The number of aliphatic hydroxyl groups excluding tert-OH is 1. The van der Waals surface area contributed by atoms with Crippen molar-refractivity contribution in [3.63, 3.8) is 0 Å². The number of aromatic nitrogens is 2. The van der Waals surface area contributed by atoms with E-state index in [1.807, 2.05) is 32.1 Å². The lowest BCUT2D eigenvalue weighted by atomic mass is 10.1. The number of hydrogen-bond acceptors (Lipinski definition) is 21. The largest absolute Gasteiger partial charge is 0.420 e. The number of Topliss-reactive ketones (excluding diaryl/α,β-unsaturated/α-hetero) is 1. The van der Waals surface area contributed by atoms with Crippen molar-refractivity contribution in [2.24, 2.45) is 15.7 Å². The van der Waals surface area contributed by atoms with Gasteiger partial charge in [-0.15, -0.1) is 0 Å². The molecule has 2 aliphatic heterocycles. The van der Waals surface area contributed by atoms with Crippen molar-refractivity contribution >= 4 is 47.3 Å². The minimum atomic E-state index is -1.80. The third kappa shape index (κ3) is 29.5. The molecule has 4 heterocycles. The standard InChI is InChI=1S/C48H62F4N6O13.C4H9NO.C2H6O/c1-33-24-39-41(57-43(53)25-33)28-35(31-55-39)48-56-32-42-40(58-48)27-34(30-54-42)26-36(59)2-4-61-6-8-63-10-12-65-14-16-67-18-20-69-22-23-70-21-19-68-17-15-66-13-11-64-9-7-62-5-3-44(60)71-47-45(51)37(49)29-38(50)46(47)52;1-2-3-5-4-6;1-2-3/h24,27-31H,2-23,25-26,32H2,1H3,(H2,53,57)(H,56,58);4H,2-3H2,1H3,(H,5,6);3H,2H2,1H3. The van der Waals surface area contributed by atoms with Crippen LogP contribution in [0.2, 0.25) is 0 Å². The van der Waals surface area contributed by atoms with E-state index in [0.717, 1.165) is 46.7 Å². The van der Waals surface area contributed by atoms with Gasteiger partial charge in [0.05, 0.1) is 168 Å². The third-order valence-electron chi connectivity index (χ3n) is 10.4. The van der Waals surface area contributed by atoms with E-state index >= 15 is 0 Å². The Bertz CT molecular complexity index is 2340. The van der Waals surface area contributed by atoms with Crippen LogP contribution in [0.15, 0.2) is 46.2 Å². The quantitative estimate of drug-likeness (QED) is 0.0146. The number of carbonyl (C=O) groups is 3. The van der Waals surface area contributed by atoms with Crippen LogP contribution in [-0.2, 0) is 74.7 Å². The minimum absolute atomic E-state index is 0.0156. The summed E-state index contributed by atoms with van der Waals surface area (Å²) in [5, 5.41) is 13.4. The summed E-state index contributed by atoms with van der Waals surface area (Å²) in [6, 6.07) is 3.87. The number of ether oxygens (including phenoxy) is 11. The van der Waals surface area contributed by atoms with Gasteiger partial charge in [-0.1, -0.05) is 12.5 Å². The number of pyridine rings is 2. The summed E-state index contributed by atoms with van der Waals surface area (Å²) in [4.78, 5) is 52.1. The number of amides is 1. The number of nitrogens with two attached hydrogens (primary N) is 1. The van der Waals surface area contributed by atoms with Gasteiger partial charge in [-0.3, -0.25) is 29.3 Å². The van der Waals surface area contributed by atoms with E-state index < -0.39 is 41.4 Å². The first-order valence-corrected chi connectivity index (χ1v) is 26.3. The first-order valence-electron chi connectivity index (χ1n) is 26.3. The molecule has 0 saturated carbocycles. The molecule has 0 fully saturated rings. The molecule has 3 aromatic rings. The Morgan fingerprint density at radius 2 is 1.16 bits per heavy atom. The molecule has 0 unspecified atom stereocenters. The minimum Gasteiger partial charge on any atom is -0.420 e. The predicted molar refractivity (Wildman–Crippen MR) is 287 cm³/mol. The number of halogens is 4. The van der Waals surface area contributed by atoms with Gasteiger partial charge in [0.15, 0.2) is 11.6 Å². The highest BCUT2D eigenvalue weighted by atomic mass is 19.2. The van der Waals surface area contributed by atoms with Crippen LogP contribution in [-0.4, -0.2) is 190 Å². The number of anilines is 1. The number of aliphatic imine (C=N–C) groups is 2. The van der Waals surface area contributed by atoms with Crippen LogP contribution in [0.4, 0.5) is 28.9 Å². The molecule has 446 valence electrons. The molecule has 0 saturated heterocycles. The van der Waals surface area contributed by atoms with Gasteiger partial charge in [0.25, 0.3) is 0 Å². The van der Waals surface area contributed by atoms with Crippen molar-refractivity contribution in [1.29, 1.82) is 0 Å². The number of rotatable bonds is 40. The van der Waals surface area contributed by atoms with Crippen LogP contribution in [0.25, 0.3) is 6.08 Å². The first-order chi connectivity index (χ1) is 38.9. The molecule has 1 aromatic carbocycles. The normalized spacial score (nSPS) is 12.5. The van der Waals surface area contributed by atoms with E-state index in [0.29, 0.717) is 142 Å². The molecule has 0 aliphatic carbocycles. The summed E-state index contributed by atoms with van der Waals surface area (Å²) in [5.74, 6) is -8.28. The average molecular weight is 1140 g/mol. The zero-order valence-electron chi connectivity index (χ0n) is 45.9. The number of esters is 1. The van der Waals surface area contributed by atoms with Crippen LogP contribution in [0.1, 0.15) is 69.0 Å². The van der Waals surface area contributed by atoms with Gasteiger partial charge >= 0.3 is 5.97 Å². The average Bonchev–Trinajstić information content (AvgIpc) is 3.59. The van der Waals surface area contributed by atoms with Gasteiger partial charge in [0.2, 0.25) is 23.8 Å². The fourth-order valence-corrected chi connectivity index (χ4v) is 6.66. The monoisotopic (exact) mass is 1140 g/mol. The molecule has 0 atom stereocenters. The van der Waals surface area contributed by atoms with E-state index in [1.165, 1.54) is 0 Å². The van der Waals surface area contributed by atoms with Crippen LogP contribution >= 0.6 is 0 Å². The summed E-state index contributed by atoms with van der Waals surface area (Å²) in [7, 11) is 0. The summed E-state index contributed by atoms with van der Waals surface area (Å²) >= 11 is 0. The van der Waals surface area contributed by atoms with Crippen LogP contribution < -0.4 is 21.1 Å². The van der Waals surface area contributed by atoms with Crippen LogP contribution in [0, 0.1) is 23.3 Å². The number of carbonyl (C=O) groups excluding carboxylic acids is 3. The van der Waals surface area contributed by atoms with Crippen molar-refractivity contribution in [1.82, 2.24) is 15.3 Å². The van der Waals surface area contributed by atoms with Gasteiger partial charge in [-0.25, -0.2) is 13.8 Å². The zero-order chi connectivity index (χ0) is 58.0. The second kappa shape index (κ2) is 42.9. The Hall–Kier alpha value is -5.91. The topological polar surface area (TPSA) is 274 Å². The van der Waals surface area contributed by atoms with E-state index in [-0.39, 0.29) is 57.7 Å². The van der Waals surface area contributed by atoms with Gasteiger partial charge in [0, 0.05) is 56.4 Å². The molecule has 5 rings (SSSR count). The highest BCUT2D eigenvalue weighted by Crippen LogP contribution is 2.29. The maximum atomic E-state index is 13.6. The summed E-state index contributed by atoms with van der Waals surface area (Å²) in [6.45, 7) is 13.9. The second-order valence-electron chi connectivity index (χ2n) is 17.0. The number of nitrogens with one attached hydrogen (secondary N) is 2. The number of benzene rings is 1. The van der Waals surface area contributed by atoms with Gasteiger partial charge in [-0.05, 0) is 44.0 Å². The molecule has 26 heteroatoms. The molecule has 0 spiro atoms. The Kier molecular flexibility index (Phi) is 36.7. The predicted octanol–water partition coefficient (Wildman–Crippen LogP) is 5.01. The number of fused-ring (bicyclic) bond motifs is 2. The van der Waals surface area contributed by atoms with E-state index in [4.69, 9.17) is 58.2 Å². The Balaban J connectivity index is 0.00000173. The lowest BCUT2D eigenvalue weighted by Gasteiger charge is -2.19. The fourth-order valence-electron chi connectivity index (χ4n) is 6.66. The SMILES string of the molecule is CC1=Cc2ncc(C3=NCc4ncc(CC(=O)CCOCCOCCOCCOCCOCCOCCOCCOCCOCCOCCC(=O)Oc5c(F)c(F)cc(F)c5F)cc4N3)cc2N=C(N)C1.CCCNC=O.CCO. The van der Waals surface area contributed by atoms with Crippen molar-refractivity contribution in [3.05, 3.63) is 81.9 Å². The molecule has 80 heavy (non-hydrogen) atoms. The molecular weight excluding hydrogens is 1060 g/mol. The highest BCUT2D eigenvalue weighted by Gasteiger charge is 2.23. The lowest BCUT2D eigenvalue weighted by Crippen LogP contribution is -2.20. The Labute approximate surface area is 464 Å². The second-order valence-corrected chi connectivity index (χ2v) is 17.0. The summed E-state index contributed by atoms with van der Waals surface area (Å²) in [5.41, 5.74) is 11.8. The zero-order valence-corrected chi connectivity index (χ0v) is 45.9. The Morgan fingerprint density at radius 3 is 1.62 bits per heavy atom. The van der Waals surface area contributed by atoms with Gasteiger partial charge < -0.3 is 73.6 Å². The van der Waals surface area contributed by atoms with Crippen molar-refractivity contribution in [2.75, 3.05) is 151 Å². The number of amidine groups is 2. The molecule has 22 nitrogen and oxygen atoms in total. The molecule has 2 aromatic heterocycles. The fraction of sp³-hybridized carbons (Fsp3) is 0.574. The Morgan fingerprint density at radius 1 is 0.688 bits per heavy atom. The lowest BCUT2D eigenvalue weighted by molar-refractivity contribution is -0.136. The van der Waals surface area contributed by atoms with E-state index in [9.17, 15) is 31.9 Å². The first kappa shape index (κ1) is 68.4. The van der Waals surface area contributed by atoms with Crippen LogP contribution in [0.3, 0.4) is 0 Å². The van der Waals surface area contributed by atoms with Crippen molar-refractivity contribution in [2.45, 2.75) is 59.4 Å². The molecule has 1 amide bonds. The van der Waals surface area contributed by atoms with E-state index in [2.05, 4.69) is 35.3 Å². The molecule has 0 bridgehead atoms. The van der Waals surface area contributed by atoms with Gasteiger partial charge in [-0.2, -0.15) is 8.78 Å². The number of hydrogen-bond donors (Lipinski definition) is 4.